The van der Waals surface area contributed by atoms with Crippen LogP contribution >= 0.6 is 0 Å². The van der Waals surface area contributed by atoms with Crippen LogP contribution in [0, 0.1) is 0 Å². The Kier molecular flexibility index (Phi) is 5.64. The summed E-state index contributed by atoms with van der Waals surface area (Å²) in [5, 5.41) is 6.11. The number of hydrogen-bond donors (Lipinski definition) is 1. The maximum atomic E-state index is 3.56. The molecule has 0 atom stereocenters. The van der Waals surface area contributed by atoms with Gasteiger partial charge in [0.05, 0.1) is 16.7 Å². The molecule has 0 bridgehead atoms. The summed E-state index contributed by atoms with van der Waals surface area (Å²) in [6, 6.07) is 43.5. The van der Waals surface area contributed by atoms with Crippen molar-refractivity contribution in [2.24, 2.45) is 0 Å². The van der Waals surface area contributed by atoms with E-state index in [1.807, 2.05) is 0 Å². The van der Waals surface area contributed by atoms with Crippen LogP contribution in [0.2, 0.25) is 0 Å². The molecule has 0 unspecified atom stereocenters. The Morgan fingerprint density at radius 2 is 1.11 bits per heavy atom. The molecular weight excluding hydrogens is 460 g/mol. The Bertz CT molecular complexity index is 1760. The first kappa shape index (κ1) is 22.4. The molecule has 0 saturated carbocycles. The van der Waals surface area contributed by atoms with E-state index in [2.05, 4.69) is 149 Å². The van der Waals surface area contributed by atoms with Crippen LogP contribution in [-0.4, -0.2) is 4.57 Å². The average Bonchev–Trinajstić information content (AvgIpc) is 3.33. The van der Waals surface area contributed by atoms with Crippen LogP contribution in [0.4, 0.5) is 11.4 Å². The largest absolute Gasteiger partial charge is 0.356 e. The van der Waals surface area contributed by atoms with E-state index >= 15 is 0 Å². The Balaban J connectivity index is 1.21. The second-order valence-corrected chi connectivity index (χ2v) is 9.81. The minimum absolute atomic E-state index is 1.08. The zero-order valence-electron chi connectivity index (χ0n) is 21.1. The summed E-state index contributed by atoms with van der Waals surface area (Å²) in [6.07, 6.45) is 9.06. The van der Waals surface area contributed by atoms with Gasteiger partial charge in [-0.2, -0.15) is 0 Å². The van der Waals surface area contributed by atoms with E-state index in [9.17, 15) is 0 Å². The van der Waals surface area contributed by atoms with Gasteiger partial charge in [-0.1, -0.05) is 97.1 Å². The van der Waals surface area contributed by atoms with E-state index in [0.717, 1.165) is 24.2 Å². The highest BCUT2D eigenvalue weighted by Gasteiger charge is 2.14. The summed E-state index contributed by atoms with van der Waals surface area (Å²) in [4.78, 5) is 0. The highest BCUT2D eigenvalue weighted by atomic mass is 15.0. The number of para-hydroxylation sites is 3. The number of hydrogen-bond acceptors (Lipinski definition) is 1. The quantitative estimate of drug-likeness (QED) is 0.255. The van der Waals surface area contributed by atoms with Crippen molar-refractivity contribution in [1.29, 1.82) is 0 Å². The third-order valence-corrected chi connectivity index (χ3v) is 7.42. The molecule has 0 spiro atoms. The monoisotopic (exact) mass is 488 g/mol. The van der Waals surface area contributed by atoms with Crippen molar-refractivity contribution in [1.82, 2.24) is 4.57 Å². The van der Waals surface area contributed by atoms with Crippen molar-refractivity contribution < 1.29 is 0 Å². The second kappa shape index (κ2) is 9.57. The SMILES string of the molecule is C1=CC(c2ccc(Nc3ccc(-c4ccccc4-n4c5ccccc5c5ccccc54)cc3)cc2)=CCC1. The zero-order chi connectivity index (χ0) is 25.3. The van der Waals surface area contributed by atoms with E-state index < -0.39 is 0 Å². The molecule has 2 heteroatoms. The minimum Gasteiger partial charge on any atom is -0.356 e. The first-order valence-corrected chi connectivity index (χ1v) is 13.3. The fourth-order valence-electron chi connectivity index (χ4n) is 5.57. The molecule has 7 rings (SSSR count). The van der Waals surface area contributed by atoms with Gasteiger partial charge in [0.2, 0.25) is 0 Å². The zero-order valence-corrected chi connectivity index (χ0v) is 21.1. The molecule has 1 heterocycles. The Labute approximate surface area is 223 Å². The first-order chi connectivity index (χ1) is 18.8. The lowest BCUT2D eigenvalue weighted by Crippen LogP contribution is -1.97. The van der Waals surface area contributed by atoms with Crippen molar-refractivity contribution in [2.75, 3.05) is 5.32 Å². The van der Waals surface area contributed by atoms with Crippen LogP contribution in [0.3, 0.4) is 0 Å². The molecule has 0 fully saturated rings. The maximum Gasteiger partial charge on any atom is 0.0541 e. The summed E-state index contributed by atoms with van der Waals surface area (Å²) >= 11 is 0. The smallest absolute Gasteiger partial charge is 0.0541 e. The summed E-state index contributed by atoms with van der Waals surface area (Å²) in [6.45, 7) is 0. The van der Waals surface area contributed by atoms with Gasteiger partial charge >= 0.3 is 0 Å². The summed E-state index contributed by atoms with van der Waals surface area (Å²) in [7, 11) is 0. The third kappa shape index (κ3) is 4.01. The normalized spacial score (nSPS) is 13.1. The van der Waals surface area contributed by atoms with Gasteiger partial charge in [0.1, 0.15) is 0 Å². The van der Waals surface area contributed by atoms with Gasteiger partial charge in [-0.15, -0.1) is 0 Å². The topological polar surface area (TPSA) is 17.0 Å². The van der Waals surface area contributed by atoms with E-state index in [1.165, 1.54) is 49.8 Å². The van der Waals surface area contributed by atoms with Gasteiger partial charge in [-0.05, 0) is 72.0 Å². The van der Waals surface area contributed by atoms with Crippen LogP contribution in [0.5, 0.6) is 0 Å². The fraction of sp³-hybridized carbons (Fsp3) is 0.0556. The average molecular weight is 489 g/mol. The molecule has 182 valence electrons. The van der Waals surface area contributed by atoms with Gasteiger partial charge in [-0.3, -0.25) is 0 Å². The predicted octanol–water partition coefficient (Wildman–Crippen LogP) is 9.93. The fourth-order valence-corrected chi connectivity index (χ4v) is 5.57. The highest BCUT2D eigenvalue weighted by Crippen LogP contribution is 2.36. The molecule has 0 radical (unpaired) electrons. The molecule has 2 nitrogen and oxygen atoms in total. The standard InChI is InChI=1S/C36H28N2/c1-2-10-26(11-3-1)27-18-22-29(23-19-27)37-30-24-20-28(21-25-30)31-12-4-7-15-34(31)38-35-16-8-5-13-32(35)33-14-6-9-17-36(33)38/h2,4-25,37H,1,3H2. The van der Waals surface area contributed by atoms with Crippen LogP contribution in [0.15, 0.2) is 140 Å². The number of rotatable bonds is 5. The van der Waals surface area contributed by atoms with Crippen LogP contribution in [0.25, 0.3) is 44.2 Å². The van der Waals surface area contributed by atoms with E-state index in [-0.39, 0.29) is 0 Å². The summed E-state index contributed by atoms with van der Waals surface area (Å²) < 4.78 is 2.39. The Hall–Kier alpha value is -4.82. The van der Waals surface area contributed by atoms with E-state index in [1.54, 1.807) is 0 Å². The molecule has 1 aliphatic carbocycles. The number of nitrogens with one attached hydrogen (secondary N) is 1. The van der Waals surface area contributed by atoms with Crippen molar-refractivity contribution in [3.05, 3.63) is 145 Å². The van der Waals surface area contributed by atoms with Crippen molar-refractivity contribution in [3.8, 4) is 16.8 Å². The first-order valence-electron chi connectivity index (χ1n) is 13.3. The number of allylic oxidation sites excluding steroid dienone is 4. The third-order valence-electron chi connectivity index (χ3n) is 7.42. The summed E-state index contributed by atoms with van der Waals surface area (Å²) in [5.41, 5.74) is 10.8. The van der Waals surface area contributed by atoms with Crippen molar-refractivity contribution in [3.63, 3.8) is 0 Å². The Morgan fingerprint density at radius 3 is 1.74 bits per heavy atom. The van der Waals surface area contributed by atoms with Crippen LogP contribution in [-0.2, 0) is 0 Å². The van der Waals surface area contributed by atoms with E-state index in [4.69, 9.17) is 0 Å². The summed E-state index contributed by atoms with van der Waals surface area (Å²) in [5.74, 6) is 0. The predicted molar refractivity (Wildman–Crippen MR) is 162 cm³/mol. The molecule has 0 saturated heterocycles. The molecule has 6 aromatic rings. The molecular formula is C36H28N2. The van der Waals surface area contributed by atoms with Gasteiger partial charge in [0.15, 0.2) is 0 Å². The Morgan fingerprint density at radius 1 is 0.526 bits per heavy atom. The number of anilines is 2. The number of fused-ring (bicyclic) bond motifs is 3. The van der Waals surface area contributed by atoms with Crippen molar-refractivity contribution in [2.45, 2.75) is 12.8 Å². The van der Waals surface area contributed by atoms with Gasteiger partial charge in [0.25, 0.3) is 0 Å². The molecule has 0 aliphatic heterocycles. The number of nitrogens with zero attached hydrogens (tertiary/aromatic N) is 1. The minimum atomic E-state index is 1.08. The second-order valence-electron chi connectivity index (χ2n) is 9.81. The van der Waals surface area contributed by atoms with Crippen LogP contribution in [0.1, 0.15) is 18.4 Å². The lowest BCUT2D eigenvalue weighted by atomic mass is 9.99. The van der Waals surface area contributed by atoms with E-state index in [0.29, 0.717) is 0 Å². The molecule has 5 aromatic carbocycles. The van der Waals surface area contributed by atoms with Crippen LogP contribution < -0.4 is 5.32 Å². The number of aromatic nitrogens is 1. The van der Waals surface area contributed by atoms with Gasteiger partial charge in [-0.25, -0.2) is 0 Å². The molecule has 1 aromatic heterocycles. The number of benzene rings is 5. The van der Waals surface area contributed by atoms with Crippen molar-refractivity contribution >= 4 is 38.8 Å². The lowest BCUT2D eigenvalue weighted by Gasteiger charge is -2.15. The van der Waals surface area contributed by atoms with Gasteiger partial charge in [0, 0.05) is 27.7 Å². The van der Waals surface area contributed by atoms with Gasteiger partial charge < -0.3 is 9.88 Å². The molecule has 1 aliphatic rings. The molecule has 38 heavy (non-hydrogen) atoms. The highest BCUT2D eigenvalue weighted by molar-refractivity contribution is 6.09. The molecule has 1 N–H and O–H groups in total. The molecule has 0 amide bonds. The maximum absolute atomic E-state index is 3.56. The lowest BCUT2D eigenvalue weighted by molar-refractivity contribution is 1.04.